The number of aromatic nitrogens is 1. The highest BCUT2D eigenvalue weighted by atomic mass is 16.5. The largest absolute Gasteiger partial charge is 0.368 e. The molecule has 1 fully saturated rings. The first kappa shape index (κ1) is 16.1. The molecule has 1 aliphatic rings. The van der Waals surface area contributed by atoms with Crippen LogP contribution in [0.4, 0.5) is 5.69 Å². The minimum atomic E-state index is -0.344. The quantitative estimate of drug-likeness (QED) is 0.882. The van der Waals surface area contributed by atoms with Gasteiger partial charge >= 0.3 is 0 Å². The highest BCUT2D eigenvalue weighted by Gasteiger charge is 2.23. The third-order valence-electron chi connectivity index (χ3n) is 3.82. The molecular weight excluding hydrogens is 306 g/mol. The smallest absolute Gasteiger partial charge is 0.253 e. The highest BCUT2D eigenvalue weighted by Crippen LogP contribution is 2.15. The first-order chi connectivity index (χ1) is 11.7. The van der Waals surface area contributed by atoms with Gasteiger partial charge in [-0.2, -0.15) is 0 Å². The van der Waals surface area contributed by atoms with E-state index in [1.165, 1.54) is 6.20 Å². The minimum absolute atomic E-state index is 0.106. The SMILES string of the molecule is O=C(NCc1ccc(NC(=O)C2CCCO2)cc1)c1cccnc1. The molecular formula is C18H19N3O3. The van der Waals surface area contributed by atoms with Gasteiger partial charge in [0.15, 0.2) is 0 Å². The normalized spacial score (nSPS) is 16.6. The Hall–Kier alpha value is -2.73. The molecule has 0 bridgehead atoms. The zero-order valence-corrected chi connectivity index (χ0v) is 13.2. The third kappa shape index (κ3) is 4.17. The van der Waals surface area contributed by atoms with Crippen LogP contribution in [-0.2, 0) is 16.1 Å². The fraction of sp³-hybridized carbons (Fsp3) is 0.278. The number of hydrogen-bond donors (Lipinski definition) is 2. The number of nitrogens with one attached hydrogen (secondary N) is 2. The highest BCUT2D eigenvalue weighted by molar-refractivity contribution is 5.94. The summed E-state index contributed by atoms with van der Waals surface area (Å²) in [5, 5.41) is 5.68. The number of amides is 2. The second kappa shape index (κ2) is 7.70. The van der Waals surface area contributed by atoms with Crippen LogP contribution in [0.3, 0.4) is 0 Å². The zero-order valence-electron chi connectivity index (χ0n) is 13.2. The molecule has 0 saturated carbocycles. The summed E-state index contributed by atoms with van der Waals surface area (Å²) in [4.78, 5) is 27.8. The lowest BCUT2D eigenvalue weighted by atomic mass is 10.2. The average Bonchev–Trinajstić information content (AvgIpc) is 3.16. The van der Waals surface area contributed by atoms with Gasteiger partial charge in [0.2, 0.25) is 0 Å². The maximum atomic E-state index is 12.0. The molecule has 1 aliphatic heterocycles. The number of carbonyl (C=O) groups is 2. The van der Waals surface area contributed by atoms with Crippen molar-refractivity contribution in [3.05, 3.63) is 59.9 Å². The Bertz CT molecular complexity index is 695. The molecule has 2 N–H and O–H groups in total. The molecule has 2 heterocycles. The Morgan fingerprint density at radius 3 is 2.71 bits per heavy atom. The number of hydrogen-bond acceptors (Lipinski definition) is 4. The molecule has 1 aromatic heterocycles. The molecule has 1 atom stereocenters. The predicted molar refractivity (Wildman–Crippen MR) is 89.5 cm³/mol. The van der Waals surface area contributed by atoms with Crippen molar-refractivity contribution >= 4 is 17.5 Å². The van der Waals surface area contributed by atoms with E-state index in [2.05, 4.69) is 15.6 Å². The Balaban J connectivity index is 1.51. The van der Waals surface area contributed by atoms with Crippen LogP contribution in [0.25, 0.3) is 0 Å². The average molecular weight is 325 g/mol. The summed E-state index contributed by atoms with van der Waals surface area (Å²) in [6.07, 6.45) is 4.50. The summed E-state index contributed by atoms with van der Waals surface area (Å²) >= 11 is 0. The molecule has 6 heteroatoms. The lowest BCUT2D eigenvalue weighted by Crippen LogP contribution is -2.26. The maximum Gasteiger partial charge on any atom is 0.253 e. The number of anilines is 1. The van der Waals surface area contributed by atoms with Gasteiger partial charge < -0.3 is 15.4 Å². The van der Waals surface area contributed by atoms with Crippen LogP contribution in [0.15, 0.2) is 48.8 Å². The Morgan fingerprint density at radius 1 is 1.21 bits per heavy atom. The van der Waals surface area contributed by atoms with Gasteiger partial charge in [0.05, 0.1) is 5.56 Å². The third-order valence-corrected chi connectivity index (χ3v) is 3.82. The molecule has 1 saturated heterocycles. The summed E-state index contributed by atoms with van der Waals surface area (Å²) in [6.45, 7) is 1.06. The molecule has 0 radical (unpaired) electrons. The van der Waals surface area contributed by atoms with Gasteiger partial charge in [0, 0.05) is 31.2 Å². The van der Waals surface area contributed by atoms with Crippen LogP contribution in [0.1, 0.15) is 28.8 Å². The Morgan fingerprint density at radius 2 is 2.04 bits per heavy atom. The predicted octanol–water partition coefficient (Wildman–Crippen LogP) is 2.13. The monoisotopic (exact) mass is 325 g/mol. The van der Waals surface area contributed by atoms with Crippen molar-refractivity contribution in [1.82, 2.24) is 10.3 Å². The zero-order chi connectivity index (χ0) is 16.8. The Kier molecular flexibility index (Phi) is 5.18. The number of nitrogens with zero attached hydrogens (tertiary/aromatic N) is 1. The number of rotatable bonds is 5. The van der Waals surface area contributed by atoms with E-state index in [9.17, 15) is 9.59 Å². The second-order valence-electron chi connectivity index (χ2n) is 5.61. The van der Waals surface area contributed by atoms with Gasteiger partial charge in [-0.1, -0.05) is 12.1 Å². The van der Waals surface area contributed by atoms with Gasteiger partial charge in [0.25, 0.3) is 11.8 Å². The van der Waals surface area contributed by atoms with Crippen molar-refractivity contribution in [1.29, 1.82) is 0 Å². The van der Waals surface area contributed by atoms with Crippen molar-refractivity contribution in [2.75, 3.05) is 11.9 Å². The van der Waals surface area contributed by atoms with E-state index >= 15 is 0 Å². The molecule has 6 nitrogen and oxygen atoms in total. The standard InChI is InChI=1S/C18H19N3O3/c22-17(14-3-1-9-19-12-14)20-11-13-5-7-15(8-6-13)21-18(23)16-4-2-10-24-16/h1,3,5-9,12,16H,2,4,10-11H2,(H,20,22)(H,21,23). The number of benzene rings is 1. The summed E-state index contributed by atoms with van der Waals surface area (Å²) in [7, 11) is 0. The van der Waals surface area contributed by atoms with E-state index < -0.39 is 0 Å². The van der Waals surface area contributed by atoms with Gasteiger partial charge in [-0.15, -0.1) is 0 Å². The molecule has 2 aromatic rings. The van der Waals surface area contributed by atoms with E-state index in [-0.39, 0.29) is 17.9 Å². The summed E-state index contributed by atoms with van der Waals surface area (Å²) in [5.74, 6) is -0.274. The fourth-order valence-corrected chi connectivity index (χ4v) is 2.49. The van der Waals surface area contributed by atoms with Crippen molar-refractivity contribution in [3.63, 3.8) is 0 Å². The topological polar surface area (TPSA) is 80.3 Å². The van der Waals surface area contributed by atoms with Gasteiger partial charge in [0.1, 0.15) is 6.10 Å². The Labute approximate surface area is 140 Å². The molecule has 124 valence electrons. The first-order valence-corrected chi connectivity index (χ1v) is 7.92. The molecule has 3 rings (SSSR count). The molecule has 0 aliphatic carbocycles. The van der Waals surface area contributed by atoms with E-state index in [4.69, 9.17) is 4.74 Å². The molecule has 24 heavy (non-hydrogen) atoms. The van der Waals surface area contributed by atoms with E-state index in [1.807, 2.05) is 24.3 Å². The molecule has 0 spiro atoms. The van der Waals surface area contributed by atoms with Crippen LogP contribution in [0.2, 0.25) is 0 Å². The fourth-order valence-electron chi connectivity index (χ4n) is 2.49. The van der Waals surface area contributed by atoms with Gasteiger partial charge in [-0.25, -0.2) is 0 Å². The maximum absolute atomic E-state index is 12.0. The van der Waals surface area contributed by atoms with Crippen molar-refractivity contribution in [3.8, 4) is 0 Å². The van der Waals surface area contributed by atoms with Crippen LogP contribution in [0, 0.1) is 0 Å². The molecule has 1 unspecified atom stereocenters. The molecule has 2 amide bonds. The second-order valence-corrected chi connectivity index (χ2v) is 5.61. The first-order valence-electron chi connectivity index (χ1n) is 7.92. The van der Waals surface area contributed by atoms with E-state index in [0.717, 1.165) is 24.1 Å². The van der Waals surface area contributed by atoms with Crippen LogP contribution >= 0.6 is 0 Å². The van der Waals surface area contributed by atoms with Crippen molar-refractivity contribution < 1.29 is 14.3 Å². The van der Waals surface area contributed by atoms with Crippen LogP contribution < -0.4 is 10.6 Å². The van der Waals surface area contributed by atoms with E-state index in [1.54, 1.807) is 18.3 Å². The number of carbonyl (C=O) groups excluding carboxylic acids is 2. The summed E-state index contributed by atoms with van der Waals surface area (Å²) < 4.78 is 5.35. The van der Waals surface area contributed by atoms with Gasteiger partial charge in [-0.3, -0.25) is 14.6 Å². The van der Waals surface area contributed by atoms with Crippen LogP contribution in [-0.4, -0.2) is 29.5 Å². The lowest BCUT2D eigenvalue weighted by Gasteiger charge is -2.11. The number of pyridine rings is 1. The molecule has 1 aromatic carbocycles. The lowest BCUT2D eigenvalue weighted by molar-refractivity contribution is -0.124. The summed E-state index contributed by atoms with van der Waals surface area (Å²) in [5.41, 5.74) is 2.19. The van der Waals surface area contributed by atoms with Crippen molar-refractivity contribution in [2.45, 2.75) is 25.5 Å². The van der Waals surface area contributed by atoms with E-state index in [0.29, 0.717) is 18.7 Å². The van der Waals surface area contributed by atoms with Crippen LogP contribution in [0.5, 0.6) is 0 Å². The number of ether oxygens (including phenoxy) is 1. The van der Waals surface area contributed by atoms with Crippen molar-refractivity contribution in [2.24, 2.45) is 0 Å². The van der Waals surface area contributed by atoms with Gasteiger partial charge in [-0.05, 0) is 42.7 Å². The summed E-state index contributed by atoms with van der Waals surface area (Å²) in [6, 6.07) is 10.8. The minimum Gasteiger partial charge on any atom is -0.368 e.